The van der Waals surface area contributed by atoms with E-state index in [4.69, 9.17) is 0 Å². The molecule has 0 saturated heterocycles. The van der Waals surface area contributed by atoms with Crippen LogP contribution in [0.2, 0.25) is 0 Å². The molecule has 2 unspecified atom stereocenters. The molecule has 1 amide bonds. The minimum absolute atomic E-state index is 0.100. The van der Waals surface area contributed by atoms with Crippen LogP contribution in [-0.2, 0) is 6.54 Å². The van der Waals surface area contributed by atoms with Crippen LogP contribution in [0.1, 0.15) is 43.2 Å². The van der Waals surface area contributed by atoms with Gasteiger partial charge >= 0.3 is 0 Å². The van der Waals surface area contributed by atoms with E-state index in [1.807, 2.05) is 20.1 Å². The Morgan fingerprint density at radius 1 is 1.45 bits per heavy atom. The normalized spacial score (nSPS) is 14.4. The fourth-order valence-corrected chi connectivity index (χ4v) is 2.73. The standard InChI is InChI=1S/C14H23F2N3O2S/c1-8(2)6-19-12(13(15)16)10(5-17-19)14(21)18-9(3)11(7-20)22-4/h5,8-9,11,13,20H,6-7H2,1-4H3,(H,18,21). The van der Waals surface area contributed by atoms with Crippen molar-refractivity contribution in [2.24, 2.45) is 5.92 Å². The molecule has 0 aromatic carbocycles. The Balaban J connectivity index is 2.96. The molecule has 0 aliphatic rings. The first-order chi connectivity index (χ1) is 10.3. The lowest BCUT2D eigenvalue weighted by atomic mass is 10.1. The van der Waals surface area contributed by atoms with Crippen LogP contribution in [-0.4, -0.2) is 44.9 Å². The largest absolute Gasteiger partial charge is 0.395 e. The summed E-state index contributed by atoms with van der Waals surface area (Å²) in [4.78, 5) is 12.2. The SMILES string of the molecule is CSC(CO)C(C)NC(=O)c1cnn(CC(C)C)c1C(F)F. The highest BCUT2D eigenvalue weighted by molar-refractivity contribution is 7.99. The third-order valence-electron chi connectivity index (χ3n) is 3.27. The summed E-state index contributed by atoms with van der Waals surface area (Å²) in [5.41, 5.74) is -0.469. The predicted molar refractivity (Wildman–Crippen MR) is 83.3 cm³/mol. The van der Waals surface area contributed by atoms with Gasteiger partial charge in [0, 0.05) is 17.8 Å². The lowest BCUT2D eigenvalue weighted by Crippen LogP contribution is -2.41. The first kappa shape index (κ1) is 18.9. The third-order valence-corrected chi connectivity index (χ3v) is 4.43. The van der Waals surface area contributed by atoms with Crippen LogP contribution in [0.25, 0.3) is 0 Å². The number of amides is 1. The molecule has 5 nitrogen and oxygen atoms in total. The molecule has 8 heteroatoms. The van der Waals surface area contributed by atoms with Crippen molar-refractivity contribution in [1.29, 1.82) is 0 Å². The number of aromatic nitrogens is 2. The summed E-state index contributed by atoms with van der Waals surface area (Å²) in [6.07, 6.45) is 0.222. The lowest BCUT2D eigenvalue weighted by molar-refractivity contribution is 0.0917. The molecule has 0 saturated carbocycles. The van der Waals surface area contributed by atoms with Crippen molar-refractivity contribution in [1.82, 2.24) is 15.1 Å². The molecule has 2 N–H and O–H groups in total. The van der Waals surface area contributed by atoms with Gasteiger partial charge in [0.05, 0.1) is 18.4 Å². The van der Waals surface area contributed by atoms with Crippen LogP contribution in [0.4, 0.5) is 8.78 Å². The van der Waals surface area contributed by atoms with Gasteiger partial charge < -0.3 is 10.4 Å². The molecule has 126 valence electrons. The van der Waals surface area contributed by atoms with Crippen LogP contribution in [0.3, 0.4) is 0 Å². The fraction of sp³-hybridized carbons (Fsp3) is 0.714. The number of hydrogen-bond donors (Lipinski definition) is 2. The smallest absolute Gasteiger partial charge is 0.280 e. The Kier molecular flexibility index (Phi) is 7.28. The lowest BCUT2D eigenvalue weighted by Gasteiger charge is -2.21. The molecular weight excluding hydrogens is 312 g/mol. The Morgan fingerprint density at radius 2 is 2.09 bits per heavy atom. The number of aliphatic hydroxyl groups is 1. The van der Waals surface area contributed by atoms with Gasteiger partial charge in [0.2, 0.25) is 0 Å². The van der Waals surface area contributed by atoms with Gasteiger partial charge in [-0.25, -0.2) is 8.78 Å². The summed E-state index contributed by atoms with van der Waals surface area (Å²) in [5.74, 6) is -0.451. The summed E-state index contributed by atoms with van der Waals surface area (Å²) < 4.78 is 27.7. The molecule has 0 aliphatic carbocycles. The number of nitrogens with one attached hydrogen (secondary N) is 1. The highest BCUT2D eigenvalue weighted by Crippen LogP contribution is 2.24. The monoisotopic (exact) mass is 335 g/mol. The van der Waals surface area contributed by atoms with Gasteiger partial charge in [-0.05, 0) is 19.1 Å². The second kappa shape index (κ2) is 8.47. The molecule has 1 heterocycles. The molecule has 1 aromatic rings. The molecule has 0 radical (unpaired) electrons. The van der Waals surface area contributed by atoms with E-state index in [0.717, 1.165) is 0 Å². The zero-order valence-electron chi connectivity index (χ0n) is 13.2. The minimum Gasteiger partial charge on any atom is -0.395 e. The maximum atomic E-state index is 13.3. The molecule has 0 fully saturated rings. The number of thioether (sulfide) groups is 1. The number of hydrogen-bond acceptors (Lipinski definition) is 4. The summed E-state index contributed by atoms with van der Waals surface area (Å²) in [7, 11) is 0. The number of carbonyl (C=O) groups is 1. The third kappa shape index (κ3) is 4.67. The van der Waals surface area contributed by atoms with Gasteiger partial charge in [-0.3, -0.25) is 9.48 Å². The van der Waals surface area contributed by atoms with Gasteiger partial charge in [0.1, 0.15) is 5.69 Å². The first-order valence-electron chi connectivity index (χ1n) is 7.10. The van der Waals surface area contributed by atoms with Crippen molar-refractivity contribution >= 4 is 17.7 Å². The number of carbonyl (C=O) groups excluding carboxylic acids is 1. The van der Waals surface area contributed by atoms with E-state index >= 15 is 0 Å². The summed E-state index contributed by atoms with van der Waals surface area (Å²) >= 11 is 1.41. The Morgan fingerprint density at radius 3 is 2.55 bits per heavy atom. The second-order valence-electron chi connectivity index (χ2n) is 5.54. The number of nitrogens with zero attached hydrogens (tertiary/aromatic N) is 2. The number of halogens is 2. The van der Waals surface area contributed by atoms with E-state index in [2.05, 4.69) is 10.4 Å². The van der Waals surface area contributed by atoms with E-state index in [1.165, 1.54) is 22.6 Å². The van der Waals surface area contributed by atoms with Crippen molar-refractivity contribution in [3.63, 3.8) is 0 Å². The average molecular weight is 335 g/mol. The van der Waals surface area contributed by atoms with Crippen LogP contribution >= 0.6 is 11.8 Å². The van der Waals surface area contributed by atoms with Crippen LogP contribution in [0, 0.1) is 5.92 Å². The predicted octanol–water partition coefficient (Wildman–Crippen LogP) is 2.32. The minimum atomic E-state index is -2.77. The molecule has 1 aromatic heterocycles. The van der Waals surface area contributed by atoms with Crippen molar-refractivity contribution < 1.29 is 18.7 Å². The average Bonchev–Trinajstić information content (AvgIpc) is 2.83. The van der Waals surface area contributed by atoms with E-state index < -0.39 is 12.3 Å². The Bertz CT molecular complexity index is 490. The van der Waals surface area contributed by atoms with Gasteiger partial charge in [0.25, 0.3) is 12.3 Å². The van der Waals surface area contributed by atoms with E-state index in [1.54, 1.807) is 6.92 Å². The summed E-state index contributed by atoms with van der Waals surface area (Å²) in [5, 5.41) is 15.6. The quantitative estimate of drug-likeness (QED) is 0.765. The maximum Gasteiger partial charge on any atom is 0.280 e. The fourth-order valence-electron chi connectivity index (χ4n) is 2.11. The van der Waals surface area contributed by atoms with Crippen molar-refractivity contribution in [3.8, 4) is 0 Å². The zero-order chi connectivity index (χ0) is 16.9. The van der Waals surface area contributed by atoms with E-state index in [-0.39, 0.29) is 35.1 Å². The molecule has 0 spiro atoms. The Hall–Kier alpha value is -1.15. The molecule has 1 rings (SSSR count). The number of rotatable bonds is 8. The van der Waals surface area contributed by atoms with Gasteiger partial charge in [-0.2, -0.15) is 16.9 Å². The number of alkyl halides is 2. The highest BCUT2D eigenvalue weighted by Gasteiger charge is 2.26. The maximum absolute atomic E-state index is 13.3. The van der Waals surface area contributed by atoms with E-state index in [9.17, 15) is 18.7 Å². The van der Waals surface area contributed by atoms with Gasteiger partial charge in [-0.1, -0.05) is 13.8 Å². The van der Waals surface area contributed by atoms with E-state index in [0.29, 0.717) is 6.54 Å². The molecular formula is C14H23F2N3O2S. The van der Waals surface area contributed by atoms with Gasteiger partial charge in [-0.15, -0.1) is 0 Å². The highest BCUT2D eigenvalue weighted by atomic mass is 32.2. The van der Waals surface area contributed by atoms with Crippen molar-refractivity contribution in [3.05, 3.63) is 17.5 Å². The number of aliphatic hydroxyl groups excluding tert-OH is 1. The van der Waals surface area contributed by atoms with Crippen LogP contribution < -0.4 is 5.32 Å². The van der Waals surface area contributed by atoms with Crippen LogP contribution in [0.5, 0.6) is 0 Å². The summed E-state index contributed by atoms with van der Waals surface area (Å²) in [6, 6.07) is -0.341. The second-order valence-corrected chi connectivity index (χ2v) is 6.62. The van der Waals surface area contributed by atoms with Crippen molar-refractivity contribution in [2.45, 2.75) is 45.0 Å². The topological polar surface area (TPSA) is 67.2 Å². The molecule has 0 bridgehead atoms. The first-order valence-corrected chi connectivity index (χ1v) is 8.38. The molecule has 22 heavy (non-hydrogen) atoms. The van der Waals surface area contributed by atoms with Crippen LogP contribution in [0.15, 0.2) is 6.20 Å². The van der Waals surface area contributed by atoms with Gasteiger partial charge in [0.15, 0.2) is 0 Å². The Labute approximate surface area is 133 Å². The molecule has 2 atom stereocenters. The zero-order valence-corrected chi connectivity index (χ0v) is 14.0. The molecule has 0 aliphatic heterocycles. The summed E-state index contributed by atoms with van der Waals surface area (Å²) in [6.45, 7) is 5.74. The van der Waals surface area contributed by atoms with Crippen molar-refractivity contribution in [2.75, 3.05) is 12.9 Å².